The standard InChI is InChI=1S/C14H22FNO3/c1-10-8-14(12(11(2)16)9-13(10)15)19-7-6-18-5-4-17-3/h8-9,11H,4-7,16H2,1-3H3/t11-/m0/s1. The highest BCUT2D eigenvalue weighted by Gasteiger charge is 2.12. The van der Waals surface area contributed by atoms with Crippen molar-refractivity contribution in [2.45, 2.75) is 19.9 Å². The Hall–Kier alpha value is -1.17. The smallest absolute Gasteiger partial charge is 0.126 e. The van der Waals surface area contributed by atoms with Gasteiger partial charge in [0.15, 0.2) is 0 Å². The van der Waals surface area contributed by atoms with Crippen molar-refractivity contribution in [2.24, 2.45) is 5.73 Å². The van der Waals surface area contributed by atoms with Crippen LogP contribution in [0.4, 0.5) is 4.39 Å². The van der Waals surface area contributed by atoms with E-state index in [2.05, 4.69) is 0 Å². The SMILES string of the molecule is COCCOCCOc1cc(C)c(F)cc1[C@H](C)N. The molecule has 5 heteroatoms. The molecule has 0 aromatic heterocycles. The van der Waals surface area contributed by atoms with Crippen LogP contribution in [0.25, 0.3) is 0 Å². The van der Waals surface area contributed by atoms with Crippen LogP contribution in [0, 0.1) is 12.7 Å². The summed E-state index contributed by atoms with van der Waals surface area (Å²) in [6.45, 7) is 5.43. The number of methoxy groups -OCH3 is 1. The van der Waals surface area contributed by atoms with E-state index in [1.165, 1.54) is 6.07 Å². The second kappa shape index (κ2) is 8.09. The van der Waals surface area contributed by atoms with E-state index in [9.17, 15) is 4.39 Å². The normalized spacial score (nSPS) is 12.5. The second-order valence-electron chi connectivity index (χ2n) is 4.38. The maximum atomic E-state index is 13.5. The Labute approximate surface area is 113 Å². The number of ether oxygens (including phenoxy) is 3. The van der Waals surface area contributed by atoms with Crippen LogP contribution in [-0.4, -0.2) is 33.5 Å². The predicted molar refractivity (Wildman–Crippen MR) is 71.9 cm³/mol. The summed E-state index contributed by atoms with van der Waals surface area (Å²) >= 11 is 0. The Balaban J connectivity index is 2.54. The minimum absolute atomic E-state index is 0.268. The summed E-state index contributed by atoms with van der Waals surface area (Å²) in [6.07, 6.45) is 0. The van der Waals surface area contributed by atoms with Crippen LogP contribution in [0.3, 0.4) is 0 Å². The molecule has 1 rings (SSSR count). The highest BCUT2D eigenvalue weighted by atomic mass is 19.1. The van der Waals surface area contributed by atoms with Crippen LogP contribution in [0.15, 0.2) is 12.1 Å². The van der Waals surface area contributed by atoms with Gasteiger partial charge in [-0.2, -0.15) is 0 Å². The molecule has 0 aliphatic heterocycles. The van der Waals surface area contributed by atoms with Crippen molar-refractivity contribution in [1.29, 1.82) is 0 Å². The van der Waals surface area contributed by atoms with Crippen molar-refractivity contribution in [3.8, 4) is 5.75 Å². The third-order valence-electron chi connectivity index (χ3n) is 2.70. The first kappa shape index (κ1) is 15.9. The zero-order valence-corrected chi connectivity index (χ0v) is 11.7. The van der Waals surface area contributed by atoms with Crippen molar-refractivity contribution in [1.82, 2.24) is 0 Å². The Bertz CT molecular complexity index is 397. The van der Waals surface area contributed by atoms with Crippen LogP contribution in [0.5, 0.6) is 5.75 Å². The Morgan fingerprint density at radius 3 is 2.53 bits per heavy atom. The fourth-order valence-electron chi connectivity index (χ4n) is 1.61. The quantitative estimate of drug-likeness (QED) is 0.736. The van der Waals surface area contributed by atoms with Crippen LogP contribution in [0.2, 0.25) is 0 Å². The van der Waals surface area contributed by atoms with E-state index in [-0.39, 0.29) is 11.9 Å². The van der Waals surface area contributed by atoms with Crippen molar-refractivity contribution in [3.05, 3.63) is 29.1 Å². The lowest BCUT2D eigenvalue weighted by Gasteiger charge is -2.15. The molecule has 0 aliphatic carbocycles. The Morgan fingerprint density at radius 2 is 1.89 bits per heavy atom. The lowest BCUT2D eigenvalue weighted by Crippen LogP contribution is -2.13. The maximum Gasteiger partial charge on any atom is 0.126 e. The average molecular weight is 271 g/mol. The molecule has 19 heavy (non-hydrogen) atoms. The summed E-state index contributed by atoms with van der Waals surface area (Å²) in [5, 5.41) is 0. The molecule has 0 amide bonds. The topological polar surface area (TPSA) is 53.7 Å². The van der Waals surface area contributed by atoms with Crippen molar-refractivity contribution in [2.75, 3.05) is 33.5 Å². The maximum absolute atomic E-state index is 13.5. The summed E-state index contributed by atoms with van der Waals surface area (Å²) < 4.78 is 29.3. The lowest BCUT2D eigenvalue weighted by molar-refractivity contribution is 0.0542. The largest absolute Gasteiger partial charge is 0.491 e. The molecule has 4 nitrogen and oxygen atoms in total. The van der Waals surface area contributed by atoms with Gasteiger partial charge in [0.2, 0.25) is 0 Å². The zero-order chi connectivity index (χ0) is 14.3. The Morgan fingerprint density at radius 1 is 1.21 bits per heavy atom. The second-order valence-corrected chi connectivity index (χ2v) is 4.38. The molecular weight excluding hydrogens is 249 g/mol. The van der Waals surface area contributed by atoms with E-state index in [1.807, 2.05) is 0 Å². The number of aryl methyl sites for hydroxylation is 1. The van der Waals surface area contributed by atoms with Crippen LogP contribution < -0.4 is 10.5 Å². The average Bonchev–Trinajstić information content (AvgIpc) is 2.37. The fourth-order valence-corrected chi connectivity index (χ4v) is 1.61. The lowest BCUT2D eigenvalue weighted by atomic mass is 10.1. The molecule has 0 heterocycles. The molecule has 2 N–H and O–H groups in total. The molecule has 0 bridgehead atoms. The summed E-state index contributed by atoms with van der Waals surface area (Å²) in [5.74, 6) is 0.347. The third kappa shape index (κ3) is 5.14. The van der Waals surface area contributed by atoms with E-state index in [1.54, 1.807) is 27.0 Å². The molecule has 0 saturated carbocycles. The zero-order valence-electron chi connectivity index (χ0n) is 11.7. The first-order chi connectivity index (χ1) is 9.06. The predicted octanol–water partition coefficient (Wildman–Crippen LogP) is 2.20. The molecular formula is C14H22FNO3. The molecule has 0 radical (unpaired) electrons. The Kier molecular flexibility index (Phi) is 6.77. The molecule has 1 aromatic carbocycles. The van der Waals surface area contributed by atoms with Gasteiger partial charge in [0.05, 0.1) is 19.8 Å². The molecule has 0 unspecified atom stereocenters. The highest BCUT2D eigenvalue weighted by molar-refractivity contribution is 5.39. The first-order valence-corrected chi connectivity index (χ1v) is 6.31. The monoisotopic (exact) mass is 271 g/mol. The van der Waals surface area contributed by atoms with Crippen LogP contribution >= 0.6 is 0 Å². The van der Waals surface area contributed by atoms with Gasteiger partial charge in [0, 0.05) is 18.7 Å². The minimum atomic E-state index is -0.278. The number of nitrogens with two attached hydrogens (primary N) is 1. The van der Waals surface area contributed by atoms with Crippen molar-refractivity contribution in [3.63, 3.8) is 0 Å². The van der Waals surface area contributed by atoms with Gasteiger partial charge in [-0.05, 0) is 31.5 Å². The molecule has 1 aromatic rings. The molecule has 0 saturated heterocycles. The van der Waals surface area contributed by atoms with E-state index in [0.717, 1.165) is 0 Å². The first-order valence-electron chi connectivity index (χ1n) is 6.31. The highest BCUT2D eigenvalue weighted by Crippen LogP contribution is 2.27. The fraction of sp³-hybridized carbons (Fsp3) is 0.571. The van der Waals surface area contributed by atoms with E-state index >= 15 is 0 Å². The molecule has 0 spiro atoms. The number of benzene rings is 1. The summed E-state index contributed by atoms with van der Waals surface area (Å²) in [7, 11) is 1.62. The number of halogens is 1. The number of rotatable bonds is 8. The van der Waals surface area contributed by atoms with Gasteiger partial charge in [0.1, 0.15) is 18.2 Å². The summed E-state index contributed by atoms with van der Waals surface area (Å²) in [5.41, 5.74) is 7.02. The van der Waals surface area contributed by atoms with Crippen LogP contribution in [-0.2, 0) is 9.47 Å². The van der Waals surface area contributed by atoms with E-state index in [0.29, 0.717) is 43.3 Å². The molecule has 0 aliphatic rings. The van der Waals surface area contributed by atoms with Crippen LogP contribution in [0.1, 0.15) is 24.1 Å². The van der Waals surface area contributed by atoms with E-state index in [4.69, 9.17) is 19.9 Å². The van der Waals surface area contributed by atoms with Gasteiger partial charge in [-0.25, -0.2) is 4.39 Å². The number of hydrogen-bond donors (Lipinski definition) is 1. The molecule has 1 atom stereocenters. The van der Waals surface area contributed by atoms with E-state index < -0.39 is 0 Å². The minimum Gasteiger partial charge on any atom is -0.491 e. The van der Waals surface area contributed by atoms with Gasteiger partial charge < -0.3 is 19.9 Å². The molecule has 108 valence electrons. The summed E-state index contributed by atoms with van der Waals surface area (Å²) in [4.78, 5) is 0. The van der Waals surface area contributed by atoms with Gasteiger partial charge in [-0.1, -0.05) is 0 Å². The third-order valence-corrected chi connectivity index (χ3v) is 2.70. The molecule has 0 fully saturated rings. The number of hydrogen-bond acceptors (Lipinski definition) is 4. The van der Waals surface area contributed by atoms with Gasteiger partial charge in [-0.15, -0.1) is 0 Å². The van der Waals surface area contributed by atoms with Gasteiger partial charge >= 0.3 is 0 Å². The summed E-state index contributed by atoms with van der Waals surface area (Å²) in [6, 6.07) is 2.82. The van der Waals surface area contributed by atoms with Gasteiger partial charge in [-0.3, -0.25) is 0 Å². The van der Waals surface area contributed by atoms with Crippen molar-refractivity contribution < 1.29 is 18.6 Å². The van der Waals surface area contributed by atoms with Crippen molar-refractivity contribution >= 4 is 0 Å². The van der Waals surface area contributed by atoms with Gasteiger partial charge in [0.25, 0.3) is 0 Å².